The largest absolute Gasteiger partial charge is 0.497 e. The van der Waals surface area contributed by atoms with E-state index in [-0.39, 0.29) is 6.04 Å². The molecule has 0 bridgehead atoms. The van der Waals surface area contributed by atoms with Gasteiger partial charge in [-0.2, -0.15) is 0 Å². The van der Waals surface area contributed by atoms with Gasteiger partial charge < -0.3 is 4.74 Å². The van der Waals surface area contributed by atoms with Gasteiger partial charge in [0.2, 0.25) is 0 Å². The van der Waals surface area contributed by atoms with Crippen molar-refractivity contribution in [1.82, 2.24) is 5.43 Å². The quantitative estimate of drug-likeness (QED) is 0.653. The van der Waals surface area contributed by atoms with Crippen LogP contribution >= 0.6 is 0 Å². The Morgan fingerprint density at radius 2 is 1.85 bits per heavy atom. The lowest BCUT2D eigenvalue weighted by atomic mass is 9.99. The van der Waals surface area contributed by atoms with Crippen LogP contribution in [0.5, 0.6) is 5.75 Å². The topological polar surface area (TPSA) is 47.3 Å². The van der Waals surface area contributed by atoms with Crippen molar-refractivity contribution in [2.45, 2.75) is 12.5 Å². The highest BCUT2D eigenvalue weighted by molar-refractivity contribution is 5.32. The van der Waals surface area contributed by atoms with Crippen molar-refractivity contribution in [3.63, 3.8) is 0 Å². The Morgan fingerprint density at radius 1 is 1.15 bits per heavy atom. The Bertz CT molecular complexity index is 570. The molecule has 0 saturated carbocycles. The zero-order valence-corrected chi connectivity index (χ0v) is 11.1. The van der Waals surface area contributed by atoms with Crippen molar-refractivity contribution in [3.05, 3.63) is 65.2 Å². The fourth-order valence-corrected chi connectivity index (χ4v) is 2.10. The first kappa shape index (κ1) is 14.4. The van der Waals surface area contributed by atoms with E-state index in [2.05, 4.69) is 5.43 Å². The molecular formula is C15H16F2N2O. The lowest BCUT2D eigenvalue weighted by Crippen LogP contribution is -2.29. The molecule has 1 unspecified atom stereocenters. The third kappa shape index (κ3) is 3.53. The number of methoxy groups -OCH3 is 1. The van der Waals surface area contributed by atoms with Crippen LogP contribution in [0, 0.1) is 11.6 Å². The molecule has 0 amide bonds. The van der Waals surface area contributed by atoms with Crippen LogP contribution < -0.4 is 16.0 Å². The van der Waals surface area contributed by atoms with Gasteiger partial charge in [-0.05, 0) is 41.8 Å². The summed E-state index contributed by atoms with van der Waals surface area (Å²) in [5.41, 5.74) is 4.08. The molecule has 106 valence electrons. The molecule has 0 fully saturated rings. The van der Waals surface area contributed by atoms with Crippen LogP contribution in [0.2, 0.25) is 0 Å². The zero-order valence-electron chi connectivity index (χ0n) is 11.1. The first-order valence-electron chi connectivity index (χ1n) is 6.17. The molecule has 1 atom stereocenters. The van der Waals surface area contributed by atoms with E-state index in [4.69, 9.17) is 10.6 Å². The molecule has 0 heterocycles. The molecule has 0 aliphatic rings. The lowest BCUT2D eigenvalue weighted by Gasteiger charge is -2.17. The van der Waals surface area contributed by atoms with Gasteiger partial charge in [-0.3, -0.25) is 11.3 Å². The number of rotatable bonds is 5. The third-order valence-electron chi connectivity index (χ3n) is 3.06. The molecule has 0 radical (unpaired) electrons. The SMILES string of the molecule is COc1cccc(C(Cc2cc(F)cc(F)c2)NN)c1. The summed E-state index contributed by atoms with van der Waals surface area (Å²) in [5, 5.41) is 0. The van der Waals surface area contributed by atoms with E-state index in [1.807, 2.05) is 24.3 Å². The molecule has 3 nitrogen and oxygen atoms in total. The van der Waals surface area contributed by atoms with Crippen molar-refractivity contribution in [1.29, 1.82) is 0 Å². The molecule has 20 heavy (non-hydrogen) atoms. The Labute approximate surface area is 116 Å². The Hall–Kier alpha value is -1.98. The van der Waals surface area contributed by atoms with Crippen molar-refractivity contribution >= 4 is 0 Å². The monoisotopic (exact) mass is 278 g/mol. The summed E-state index contributed by atoms with van der Waals surface area (Å²) in [6.45, 7) is 0. The number of hydrogen-bond donors (Lipinski definition) is 2. The number of ether oxygens (including phenoxy) is 1. The van der Waals surface area contributed by atoms with Crippen LogP contribution in [0.1, 0.15) is 17.2 Å². The van der Waals surface area contributed by atoms with Gasteiger partial charge in [-0.25, -0.2) is 8.78 Å². The standard InChI is InChI=1S/C15H16F2N2O/c1-20-14-4-2-3-11(8-14)15(19-18)7-10-5-12(16)9-13(17)6-10/h2-6,8-9,15,19H,7,18H2,1H3. The molecule has 5 heteroatoms. The summed E-state index contributed by atoms with van der Waals surface area (Å²) in [7, 11) is 1.58. The molecule has 0 saturated heterocycles. The van der Waals surface area contributed by atoms with E-state index in [9.17, 15) is 8.78 Å². The fraction of sp³-hybridized carbons (Fsp3) is 0.200. The van der Waals surface area contributed by atoms with Crippen LogP contribution in [0.15, 0.2) is 42.5 Å². The van der Waals surface area contributed by atoms with Gasteiger partial charge in [0.25, 0.3) is 0 Å². The molecule has 0 aromatic heterocycles. The average Bonchev–Trinajstić information content (AvgIpc) is 2.44. The molecular weight excluding hydrogens is 262 g/mol. The molecule has 3 N–H and O–H groups in total. The van der Waals surface area contributed by atoms with E-state index in [1.165, 1.54) is 12.1 Å². The van der Waals surface area contributed by atoms with Crippen LogP contribution in [-0.4, -0.2) is 7.11 Å². The number of hydrazine groups is 1. The number of nitrogens with one attached hydrogen (secondary N) is 1. The third-order valence-corrected chi connectivity index (χ3v) is 3.06. The maximum Gasteiger partial charge on any atom is 0.126 e. The molecule has 2 aromatic carbocycles. The molecule has 2 aromatic rings. The van der Waals surface area contributed by atoms with Gasteiger partial charge >= 0.3 is 0 Å². The smallest absolute Gasteiger partial charge is 0.126 e. The Kier molecular flexibility index (Phi) is 4.65. The lowest BCUT2D eigenvalue weighted by molar-refractivity contribution is 0.413. The van der Waals surface area contributed by atoms with Crippen LogP contribution in [0.3, 0.4) is 0 Å². The van der Waals surface area contributed by atoms with Crippen LogP contribution in [0.4, 0.5) is 8.78 Å². The van der Waals surface area contributed by atoms with Crippen LogP contribution in [0.25, 0.3) is 0 Å². The van der Waals surface area contributed by atoms with Gasteiger partial charge in [0.05, 0.1) is 13.2 Å². The van der Waals surface area contributed by atoms with E-state index >= 15 is 0 Å². The van der Waals surface area contributed by atoms with E-state index in [1.54, 1.807) is 7.11 Å². The molecule has 0 aliphatic carbocycles. The zero-order chi connectivity index (χ0) is 14.5. The van der Waals surface area contributed by atoms with Crippen LogP contribution in [-0.2, 0) is 6.42 Å². The van der Waals surface area contributed by atoms with Gasteiger partial charge in [0, 0.05) is 6.07 Å². The summed E-state index contributed by atoms with van der Waals surface area (Å²) in [6.07, 6.45) is 0.373. The maximum atomic E-state index is 13.2. The number of nitrogens with two attached hydrogens (primary N) is 1. The first-order chi connectivity index (χ1) is 9.62. The first-order valence-corrected chi connectivity index (χ1v) is 6.17. The average molecular weight is 278 g/mol. The summed E-state index contributed by atoms with van der Waals surface area (Å²) in [6, 6.07) is 10.6. The second-order valence-corrected chi connectivity index (χ2v) is 4.48. The van der Waals surface area contributed by atoms with E-state index < -0.39 is 11.6 Å². The predicted molar refractivity (Wildman–Crippen MR) is 73.1 cm³/mol. The molecule has 0 aliphatic heterocycles. The van der Waals surface area contributed by atoms with E-state index in [0.717, 1.165) is 11.6 Å². The second kappa shape index (κ2) is 6.45. The van der Waals surface area contributed by atoms with Crippen molar-refractivity contribution < 1.29 is 13.5 Å². The molecule has 2 rings (SSSR count). The van der Waals surface area contributed by atoms with Gasteiger partial charge in [-0.1, -0.05) is 12.1 Å². The van der Waals surface area contributed by atoms with Crippen molar-refractivity contribution in [2.24, 2.45) is 5.84 Å². The minimum absolute atomic E-state index is 0.258. The molecule has 0 spiro atoms. The maximum absolute atomic E-state index is 13.2. The predicted octanol–water partition coefficient (Wildman–Crippen LogP) is 2.72. The minimum Gasteiger partial charge on any atom is -0.497 e. The van der Waals surface area contributed by atoms with E-state index in [0.29, 0.717) is 17.7 Å². The van der Waals surface area contributed by atoms with Crippen molar-refractivity contribution in [3.8, 4) is 5.75 Å². The number of halogens is 2. The highest BCUT2D eigenvalue weighted by Crippen LogP contribution is 2.22. The fourth-order valence-electron chi connectivity index (χ4n) is 2.10. The minimum atomic E-state index is -0.596. The normalized spacial score (nSPS) is 12.2. The highest BCUT2D eigenvalue weighted by Gasteiger charge is 2.12. The van der Waals surface area contributed by atoms with Crippen molar-refractivity contribution in [2.75, 3.05) is 7.11 Å². The Morgan fingerprint density at radius 3 is 2.45 bits per heavy atom. The Balaban J connectivity index is 2.23. The summed E-state index contributed by atoms with van der Waals surface area (Å²) in [4.78, 5) is 0. The number of hydrogen-bond acceptors (Lipinski definition) is 3. The van der Waals surface area contributed by atoms with Gasteiger partial charge in [0.15, 0.2) is 0 Å². The summed E-state index contributed by atoms with van der Waals surface area (Å²) >= 11 is 0. The second-order valence-electron chi connectivity index (χ2n) is 4.48. The van der Waals surface area contributed by atoms with Gasteiger partial charge in [-0.15, -0.1) is 0 Å². The summed E-state index contributed by atoms with van der Waals surface area (Å²) < 4.78 is 31.5. The van der Waals surface area contributed by atoms with Gasteiger partial charge in [0.1, 0.15) is 17.4 Å². The summed E-state index contributed by atoms with van der Waals surface area (Å²) in [5.74, 6) is 5.05. The highest BCUT2D eigenvalue weighted by atomic mass is 19.1. The number of benzene rings is 2.